The van der Waals surface area contributed by atoms with Gasteiger partial charge in [0, 0.05) is 17.3 Å². The third kappa shape index (κ3) is 4.86. The summed E-state index contributed by atoms with van der Waals surface area (Å²) < 4.78 is 15.8. The molecule has 1 aromatic carbocycles. The van der Waals surface area contributed by atoms with Gasteiger partial charge in [0.15, 0.2) is 18.1 Å². The Kier molecular flexibility index (Phi) is 7.11. The SMILES string of the molecule is CCOC(=O)C1=C(C)NC(=O)NC1c1cc(OCC)c(OCC(=O)O)cc1Cl. The summed E-state index contributed by atoms with van der Waals surface area (Å²) in [5.74, 6) is -1.39. The molecule has 0 saturated carbocycles. The average molecular weight is 413 g/mol. The second-order valence-corrected chi connectivity index (χ2v) is 6.13. The van der Waals surface area contributed by atoms with Crippen molar-refractivity contribution in [2.24, 2.45) is 0 Å². The van der Waals surface area contributed by atoms with Crippen molar-refractivity contribution in [3.05, 3.63) is 34.0 Å². The number of esters is 1. The first kappa shape index (κ1) is 21.4. The van der Waals surface area contributed by atoms with E-state index in [2.05, 4.69) is 10.6 Å². The molecule has 9 nitrogen and oxygen atoms in total. The number of nitrogens with one attached hydrogen (secondary N) is 2. The van der Waals surface area contributed by atoms with E-state index in [-0.39, 0.29) is 35.3 Å². The lowest BCUT2D eigenvalue weighted by Crippen LogP contribution is -2.45. The molecule has 2 amide bonds. The predicted molar refractivity (Wildman–Crippen MR) is 99.5 cm³/mol. The van der Waals surface area contributed by atoms with Crippen LogP contribution in [-0.4, -0.2) is 42.9 Å². The number of carbonyl (C=O) groups is 3. The summed E-state index contributed by atoms with van der Waals surface area (Å²) in [7, 11) is 0. The molecule has 0 saturated heterocycles. The van der Waals surface area contributed by atoms with Gasteiger partial charge in [-0.15, -0.1) is 0 Å². The van der Waals surface area contributed by atoms with Crippen molar-refractivity contribution in [3.63, 3.8) is 0 Å². The van der Waals surface area contributed by atoms with Crippen LogP contribution >= 0.6 is 11.6 Å². The lowest BCUT2D eigenvalue weighted by Gasteiger charge is -2.29. The van der Waals surface area contributed by atoms with Gasteiger partial charge < -0.3 is 30.0 Å². The van der Waals surface area contributed by atoms with Crippen LogP contribution in [0.2, 0.25) is 5.02 Å². The summed E-state index contributed by atoms with van der Waals surface area (Å²) in [6.07, 6.45) is 0. The van der Waals surface area contributed by atoms with Crippen molar-refractivity contribution in [3.8, 4) is 11.5 Å². The van der Waals surface area contributed by atoms with Crippen molar-refractivity contribution in [1.82, 2.24) is 10.6 Å². The Balaban J connectivity index is 2.52. The van der Waals surface area contributed by atoms with E-state index in [9.17, 15) is 14.4 Å². The highest BCUT2D eigenvalue weighted by Crippen LogP contribution is 2.39. The molecule has 3 N–H and O–H groups in total. The van der Waals surface area contributed by atoms with Gasteiger partial charge in [0.05, 0.1) is 29.9 Å². The first-order chi connectivity index (χ1) is 13.3. The smallest absolute Gasteiger partial charge is 0.341 e. The maximum Gasteiger partial charge on any atom is 0.341 e. The summed E-state index contributed by atoms with van der Waals surface area (Å²) in [6, 6.07) is 1.51. The van der Waals surface area contributed by atoms with Gasteiger partial charge in [0.2, 0.25) is 0 Å². The average Bonchev–Trinajstić information content (AvgIpc) is 2.61. The number of hydrogen-bond acceptors (Lipinski definition) is 6. The number of halogens is 1. The minimum absolute atomic E-state index is 0.136. The number of rotatable bonds is 8. The normalized spacial score (nSPS) is 16.1. The van der Waals surface area contributed by atoms with Crippen molar-refractivity contribution < 1.29 is 33.7 Å². The van der Waals surface area contributed by atoms with E-state index in [0.29, 0.717) is 11.3 Å². The summed E-state index contributed by atoms with van der Waals surface area (Å²) in [4.78, 5) is 35.2. The number of hydrogen-bond donors (Lipinski definition) is 3. The van der Waals surface area contributed by atoms with Crippen LogP contribution in [0.15, 0.2) is 23.4 Å². The minimum Gasteiger partial charge on any atom is -0.490 e. The van der Waals surface area contributed by atoms with Crippen LogP contribution in [0.3, 0.4) is 0 Å². The number of benzene rings is 1. The number of aliphatic carboxylic acids is 1. The molecule has 152 valence electrons. The molecule has 0 bridgehead atoms. The second kappa shape index (κ2) is 9.32. The Hall–Kier alpha value is -2.94. The highest BCUT2D eigenvalue weighted by molar-refractivity contribution is 6.31. The molecule has 1 atom stereocenters. The summed E-state index contributed by atoms with van der Waals surface area (Å²) >= 11 is 6.36. The van der Waals surface area contributed by atoms with E-state index in [1.807, 2.05) is 0 Å². The van der Waals surface area contributed by atoms with E-state index in [4.69, 9.17) is 30.9 Å². The largest absolute Gasteiger partial charge is 0.490 e. The van der Waals surface area contributed by atoms with Gasteiger partial charge in [-0.2, -0.15) is 0 Å². The molecule has 1 heterocycles. The van der Waals surface area contributed by atoms with Crippen LogP contribution in [0.4, 0.5) is 4.79 Å². The lowest BCUT2D eigenvalue weighted by molar-refractivity contribution is -0.140. The lowest BCUT2D eigenvalue weighted by atomic mass is 9.95. The molecular weight excluding hydrogens is 392 g/mol. The molecule has 1 aliphatic rings. The zero-order valence-corrected chi connectivity index (χ0v) is 16.4. The molecule has 1 aliphatic heterocycles. The van der Waals surface area contributed by atoms with Gasteiger partial charge in [-0.05, 0) is 26.8 Å². The molecule has 1 aromatic rings. The van der Waals surface area contributed by atoms with Crippen molar-refractivity contribution in [2.45, 2.75) is 26.8 Å². The van der Waals surface area contributed by atoms with E-state index in [1.165, 1.54) is 12.1 Å². The molecular formula is C18H21ClN2O7. The summed E-state index contributed by atoms with van der Waals surface area (Å²) in [5, 5.41) is 14.2. The molecule has 0 spiro atoms. The predicted octanol–water partition coefficient (Wildman–Crippen LogP) is 2.39. The molecule has 0 fully saturated rings. The van der Waals surface area contributed by atoms with Gasteiger partial charge in [-0.3, -0.25) is 0 Å². The van der Waals surface area contributed by atoms with Gasteiger partial charge in [-0.25, -0.2) is 14.4 Å². The number of amides is 2. The number of urea groups is 1. The molecule has 0 aromatic heterocycles. The van der Waals surface area contributed by atoms with Gasteiger partial charge in [-0.1, -0.05) is 11.6 Å². The Morgan fingerprint density at radius 2 is 1.86 bits per heavy atom. The first-order valence-electron chi connectivity index (χ1n) is 8.54. The van der Waals surface area contributed by atoms with Crippen LogP contribution < -0.4 is 20.1 Å². The fourth-order valence-corrected chi connectivity index (χ4v) is 2.96. The number of carboxylic acid groups (broad SMARTS) is 1. The van der Waals surface area contributed by atoms with Gasteiger partial charge in [0.1, 0.15) is 0 Å². The highest BCUT2D eigenvalue weighted by atomic mass is 35.5. The molecule has 0 radical (unpaired) electrons. The zero-order valence-electron chi connectivity index (χ0n) is 15.6. The number of allylic oxidation sites excluding steroid dienone is 1. The van der Waals surface area contributed by atoms with E-state index in [0.717, 1.165) is 0 Å². The van der Waals surface area contributed by atoms with E-state index < -0.39 is 30.6 Å². The maximum absolute atomic E-state index is 12.4. The Labute approximate surface area is 166 Å². The topological polar surface area (TPSA) is 123 Å². The maximum atomic E-state index is 12.4. The van der Waals surface area contributed by atoms with Crippen LogP contribution in [0, 0.1) is 0 Å². The highest BCUT2D eigenvalue weighted by Gasteiger charge is 2.34. The van der Waals surface area contributed by atoms with Crippen LogP contribution in [0.1, 0.15) is 32.4 Å². The monoisotopic (exact) mass is 412 g/mol. The van der Waals surface area contributed by atoms with Crippen LogP contribution in [-0.2, 0) is 14.3 Å². The molecule has 0 aliphatic carbocycles. The van der Waals surface area contributed by atoms with Crippen molar-refractivity contribution in [2.75, 3.05) is 19.8 Å². The second-order valence-electron chi connectivity index (χ2n) is 5.73. The zero-order chi connectivity index (χ0) is 20.8. The summed E-state index contributed by atoms with van der Waals surface area (Å²) in [5.41, 5.74) is 0.919. The molecule has 28 heavy (non-hydrogen) atoms. The first-order valence-corrected chi connectivity index (χ1v) is 8.92. The molecule has 1 unspecified atom stereocenters. The minimum atomic E-state index is -1.16. The third-order valence-electron chi connectivity index (χ3n) is 3.79. The summed E-state index contributed by atoms with van der Waals surface area (Å²) in [6.45, 7) is 4.87. The van der Waals surface area contributed by atoms with Crippen LogP contribution in [0.25, 0.3) is 0 Å². The fourth-order valence-electron chi connectivity index (χ4n) is 2.70. The van der Waals surface area contributed by atoms with Crippen molar-refractivity contribution >= 4 is 29.6 Å². The number of ether oxygens (including phenoxy) is 3. The van der Waals surface area contributed by atoms with E-state index in [1.54, 1.807) is 20.8 Å². The van der Waals surface area contributed by atoms with Crippen molar-refractivity contribution in [1.29, 1.82) is 0 Å². The van der Waals surface area contributed by atoms with Gasteiger partial charge in [0.25, 0.3) is 0 Å². The van der Waals surface area contributed by atoms with E-state index >= 15 is 0 Å². The number of carbonyl (C=O) groups excluding carboxylic acids is 2. The standard InChI is InChI=1S/C18H21ClN2O7/c1-4-26-12-6-10(11(19)7-13(12)28-8-14(22)23)16-15(17(24)27-5-2)9(3)20-18(25)21-16/h6-7,16H,4-5,8H2,1-3H3,(H,22,23)(H2,20,21,25). The fraction of sp³-hybridized carbons (Fsp3) is 0.389. The van der Waals surface area contributed by atoms with Gasteiger partial charge >= 0.3 is 18.0 Å². The Bertz CT molecular complexity index is 822. The molecule has 10 heteroatoms. The Morgan fingerprint density at radius 3 is 2.46 bits per heavy atom. The quantitative estimate of drug-likeness (QED) is 0.560. The Morgan fingerprint density at radius 1 is 1.18 bits per heavy atom. The number of carboxylic acids is 1. The van der Waals surface area contributed by atoms with Crippen LogP contribution in [0.5, 0.6) is 11.5 Å². The third-order valence-corrected chi connectivity index (χ3v) is 4.12. The molecule has 2 rings (SSSR count).